The van der Waals surface area contributed by atoms with Gasteiger partial charge in [-0.3, -0.25) is 19.7 Å². The number of imide groups is 1. The lowest BCUT2D eigenvalue weighted by atomic mass is 9.66. The highest BCUT2D eigenvalue weighted by Gasteiger charge is 2.55. The average molecular weight is 597 g/mol. The number of hydrogen-bond acceptors (Lipinski definition) is 7. The molecule has 4 rings (SSSR count). The first-order valence-electron chi connectivity index (χ1n) is 14.3. The van der Waals surface area contributed by atoms with Gasteiger partial charge >= 0.3 is 0 Å². The van der Waals surface area contributed by atoms with Crippen molar-refractivity contribution in [2.45, 2.75) is 59.0 Å². The molecule has 0 unspecified atom stereocenters. The molecule has 1 saturated heterocycles. The number of carbonyl (C=O) groups is 2. The van der Waals surface area contributed by atoms with E-state index in [1.807, 2.05) is 19.9 Å². The number of aliphatic hydroxyl groups is 2. The second-order valence-corrected chi connectivity index (χ2v) is 11.8. The molecule has 42 heavy (non-hydrogen) atoms. The van der Waals surface area contributed by atoms with Crippen LogP contribution < -0.4 is 4.90 Å². The molecule has 2 aromatic carbocycles. The van der Waals surface area contributed by atoms with E-state index in [2.05, 4.69) is 6.92 Å². The summed E-state index contributed by atoms with van der Waals surface area (Å²) >= 11 is 6.32. The molecule has 4 atom stereocenters. The maximum Gasteiger partial charge on any atom is 0.271 e. The number of nitro groups is 1. The van der Waals surface area contributed by atoms with Crippen LogP contribution in [0.1, 0.15) is 58.4 Å². The van der Waals surface area contributed by atoms with Crippen LogP contribution in [0.15, 0.2) is 59.2 Å². The zero-order valence-corrected chi connectivity index (χ0v) is 24.8. The van der Waals surface area contributed by atoms with Gasteiger partial charge in [-0.05, 0) is 67.0 Å². The molecule has 9 nitrogen and oxygen atoms in total. The highest BCUT2D eigenvalue weighted by atomic mass is 35.5. The summed E-state index contributed by atoms with van der Waals surface area (Å²) < 4.78 is 0. The molecule has 0 aromatic heterocycles. The number of non-ortho nitro benzene ring substituents is 1. The fourth-order valence-corrected chi connectivity index (χ4v) is 6.60. The first kappa shape index (κ1) is 31.4. The van der Waals surface area contributed by atoms with E-state index in [1.54, 1.807) is 12.1 Å². The van der Waals surface area contributed by atoms with E-state index in [4.69, 9.17) is 11.6 Å². The zero-order valence-electron chi connectivity index (χ0n) is 24.0. The third-order valence-corrected chi connectivity index (χ3v) is 8.65. The third-order valence-electron chi connectivity index (χ3n) is 8.33. The Morgan fingerprint density at radius 1 is 1.17 bits per heavy atom. The van der Waals surface area contributed by atoms with Crippen LogP contribution in [0.4, 0.5) is 11.4 Å². The normalized spacial score (nSPS) is 21.7. The number of rotatable bonds is 11. The Labute approximate surface area is 250 Å². The topological polar surface area (TPSA) is 141 Å². The number of amides is 2. The van der Waals surface area contributed by atoms with Gasteiger partial charge in [0.2, 0.25) is 11.8 Å². The Kier molecular flexibility index (Phi) is 9.86. The minimum absolute atomic E-state index is 0.0409. The summed E-state index contributed by atoms with van der Waals surface area (Å²) in [6.07, 6.45) is 3.82. The van der Waals surface area contributed by atoms with Crippen molar-refractivity contribution in [2.75, 3.05) is 11.5 Å². The van der Waals surface area contributed by atoms with Crippen LogP contribution >= 0.6 is 11.6 Å². The average Bonchev–Trinajstić information content (AvgIpc) is 3.21. The number of aliphatic hydroxyl groups excluding tert-OH is 2. The Morgan fingerprint density at radius 3 is 2.52 bits per heavy atom. The molecule has 1 fully saturated rings. The standard InChI is InChI=1S/C32H37ClN2O7/c1-4-6-19(13-20-10-11-23(37)15-27(20)33)9-12-28(38)29-24(18(2)3)16-25-30(26(29)17-36)32(40)34(31(25)39)21-7-5-8-22(14-21)35(41)42/h5,7-8,10-11,13-15,18,25-26,28,30,36-38H,4,6,9,12,16-17H2,1-3H3/b19-13+/t25-,26+,28-,30-/m1/s1. The Bertz CT molecular complexity index is 1430. The summed E-state index contributed by atoms with van der Waals surface area (Å²) in [6, 6.07) is 10.2. The van der Waals surface area contributed by atoms with E-state index in [0.29, 0.717) is 23.4 Å². The molecule has 1 heterocycles. The number of allylic oxidation sites excluding steroid dienone is 2. The van der Waals surface area contributed by atoms with Crippen molar-refractivity contribution in [2.24, 2.45) is 23.7 Å². The third kappa shape index (κ3) is 6.28. The molecule has 0 bridgehead atoms. The maximum absolute atomic E-state index is 13.7. The van der Waals surface area contributed by atoms with Gasteiger partial charge in [0.1, 0.15) is 5.75 Å². The Balaban J connectivity index is 1.63. The number of halogens is 1. The van der Waals surface area contributed by atoms with Crippen LogP contribution in [0.3, 0.4) is 0 Å². The van der Waals surface area contributed by atoms with Gasteiger partial charge in [0.05, 0.1) is 40.2 Å². The largest absolute Gasteiger partial charge is 0.508 e. The predicted molar refractivity (Wildman–Crippen MR) is 161 cm³/mol. The van der Waals surface area contributed by atoms with Crippen molar-refractivity contribution in [3.8, 4) is 5.75 Å². The molecule has 1 aliphatic carbocycles. The summed E-state index contributed by atoms with van der Waals surface area (Å²) in [6.45, 7) is 5.56. The number of nitrogens with zero attached hydrogens (tertiary/aromatic N) is 2. The van der Waals surface area contributed by atoms with Gasteiger partial charge < -0.3 is 15.3 Å². The second kappa shape index (κ2) is 13.2. The van der Waals surface area contributed by atoms with Crippen molar-refractivity contribution in [3.63, 3.8) is 0 Å². The van der Waals surface area contributed by atoms with Crippen LogP contribution in [0.25, 0.3) is 6.08 Å². The highest BCUT2D eigenvalue weighted by molar-refractivity contribution is 6.32. The number of phenolic OH excluding ortho intramolecular Hbond substituents is 1. The summed E-state index contributed by atoms with van der Waals surface area (Å²) in [4.78, 5) is 39.1. The predicted octanol–water partition coefficient (Wildman–Crippen LogP) is 6.05. The molecular formula is C32H37ClN2O7. The number of carbonyl (C=O) groups excluding carboxylic acids is 2. The fourth-order valence-electron chi connectivity index (χ4n) is 6.37. The van der Waals surface area contributed by atoms with Crippen LogP contribution in [-0.2, 0) is 9.59 Å². The number of hydrogen-bond donors (Lipinski definition) is 3. The smallest absolute Gasteiger partial charge is 0.271 e. The number of anilines is 1. The second-order valence-electron chi connectivity index (χ2n) is 11.4. The van der Waals surface area contributed by atoms with Crippen molar-refractivity contribution < 1.29 is 29.8 Å². The lowest BCUT2D eigenvalue weighted by molar-refractivity contribution is -0.384. The molecule has 2 amide bonds. The lowest BCUT2D eigenvalue weighted by Gasteiger charge is -2.38. The van der Waals surface area contributed by atoms with Crippen LogP contribution in [0, 0.1) is 33.8 Å². The summed E-state index contributed by atoms with van der Waals surface area (Å²) in [5.74, 6) is -3.31. The van der Waals surface area contributed by atoms with Gasteiger partial charge in [0.15, 0.2) is 0 Å². The first-order valence-corrected chi connectivity index (χ1v) is 14.7. The number of aromatic hydroxyl groups is 1. The van der Waals surface area contributed by atoms with E-state index < -0.39 is 47.2 Å². The van der Waals surface area contributed by atoms with Gasteiger partial charge in [0, 0.05) is 18.1 Å². The molecule has 0 radical (unpaired) electrons. The van der Waals surface area contributed by atoms with E-state index in [9.17, 15) is 35.0 Å². The summed E-state index contributed by atoms with van der Waals surface area (Å²) in [7, 11) is 0. The van der Waals surface area contributed by atoms with Gasteiger partial charge in [0.25, 0.3) is 5.69 Å². The van der Waals surface area contributed by atoms with E-state index in [0.717, 1.165) is 34.5 Å². The minimum atomic E-state index is -0.953. The molecule has 3 N–H and O–H groups in total. The molecule has 1 aliphatic heterocycles. The molecular weight excluding hydrogens is 560 g/mol. The fraction of sp³-hybridized carbons (Fsp3) is 0.438. The molecule has 10 heteroatoms. The van der Waals surface area contributed by atoms with Gasteiger partial charge in [-0.15, -0.1) is 0 Å². The number of benzene rings is 2. The number of fused-ring (bicyclic) bond motifs is 1. The van der Waals surface area contributed by atoms with Gasteiger partial charge in [-0.25, -0.2) is 4.90 Å². The van der Waals surface area contributed by atoms with Gasteiger partial charge in [-0.2, -0.15) is 0 Å². The molecule has 0 spiro atoms. The SMILES string of the molecule is CCC/C(=C\c1ccc(O)cc1Cl)CC[C@@H](O)C1=C(C(C)C)C[C@H]2C(=O)N(c3cccc([N+](=O)[O-])c3)C(=O)[C@H]2[C@H]1CO. The van der Waals surface area contributed by atoms with Crippen molar-refractivity contribution in [3.05, 3.63) is 79.9 Å². The zero-order chi connectivity index (χ0) is 30.7. The quantitative estimate of drug-likeness (QED) is 0.124. The van der Waals surface area contributed by atoms with Crippen LogP contribution in [0.2, 0.25) is 5.02 Å². The van der Waals surface area contributed by atoms with Gasteiger partial charge in [-0.1, -0.05) is 62.1 Å². The number of nitro benzene ring substituents is 1. The van der Waals surface area contributed by atoms with Crippen LogP contribution in [0.5, 0.6) is 5.75 Å². The van der Waals surface area contributed by atoms with E-state index >= 15 is 0 Å². The van der Waals surface area contributed by atoms with Crippen LogP contribution in [-0.4, -0.2) is 44.8 Å². The minimum Gasteiger partial charge on any atom is -0.508 e. The van der Waals surface area contributed by atoms with E-state index in [1.165, 1.54) is 30.3 Å². The van der Waals surface area contributed by atoms with E-state index in [-0.39, 0.29) is 29.5 Å². The Hall–Kier alpha value is -3.53. The summed E-state index contributed by atoms with van der Waals surface area (Å²) in [5.41, 5.74) is 3.18. The highest BCUT2D eigenvalue weighted by Crippen LogP contribution is 2.49. The molecule has 0 saturated carbocycles. The Morgan fingerprint density at radius 2 is 1.90 bits per heavy atom. The molecule has 224 valence electrons. The lowest BCUT2D eigenvalue weighted by Crippen LogP contribution is -2.39. The monoisotopic (exact) mass is 596 g/mol. The van der Waals surface area contributed by atoms with Crippen molar-refractivity contribution in [1.82, 2.24) is 0 Å². The van der Waals surface area contributed by atoms with Crippen molar-refractivity contribution >= 4 is 40.9 Å². The van der Waals surface area contributed by atoms with Crippen molar-refractivity contribution in [1.29, 1.82) is 0 Å². The number of phenols is 1. The first-order chi connectivity index (χ1) is 20.0. The molecule has 2 aromatic rings. The molecule has 2 aliphatic rings. The maximum atomic E-state index is 13.7. The summed E-state index contributed by atoms with van der Waals surface area (Å²) in [5, 5.41) is 43.6.